The van der Waals surface area contributed by atoms with Crippen molar-refractivity contribution in [1.29, 1.82) is 0 Å². The Morgan fingerprint density at radius 2 is 2.08 bits per heavy atom. The van der Waals surface area contributed by atoms with Gasteiger partial charge in [-0.25, -0.2) is 9.78 Å². The first-order valence-corrected chi connectivity index (χ1v) is 10.5. The van der Waals surface area contributed by atoms with Crippen LogP contribution < -0.4 is 0 Å². The summed E-state index contributed by atoms with van der Waals surface area (Å²) in [6.45, 7) is 2.32. The molecular weight excluding hydrogens is 370 g/mol. The lowest BCUT2D eigenvalue weighted by Gasteiger charge is -2.21. The number of thioether (sulfide) groups is 1. The number of hydrogen-bond donors (Lipinski definition) is 1. The van der Waals surface area contributed by atoms with E-state index in [9.17, 15) is 9.90 Å². The highest BCUT2D eigenvalue weighted by Gasteiger charge is 2.21. The summed E-state index contributed by atoms with van der Waals surface area (Å²) in [5.74, 6) is -0.805. The average molecular weight is 394 g/mol. The van der Waals surface area contributed by atoms with Crippen LogP contribution in [0, 0.1) is 0 Å². The van der Waals surface area contributed by atoms with E-state index in [-0.39, 0.29) is 16.6 Å². The van der Waals surface area contributed by atoms with Crippen molar-refractivity contribution in [3.05, 3.63) is 29.0 Å². The third kappa shape index (κ3) is 4.44. The maximum Gasteiger partial charge on any atom is 0.360 e. The van der Waals surface area contributed by atoms with E-state index in [4.69, 9.17) is 16.3 Å². The van der Waals surface area contributed by atoms with E-state index in [1.165, 1.54) is 32.1 Å². The molecule has 1 aliphatic rings. The van der Waals surface area contributed by atoms with Crippen LogP contribution in [0.4, 0.5) is 0 Å². The predicted octanol–water partition coefficient (Wildman–Crippen LogP) is 5.98. The van der Waals surface area contributed by atoms with Gasteiger partial charge >= 0.3 is 5.97 Å². The van der Waals surface area contributed by atoms with E-state index >= 15 is 0 Å². The van der Waals surface area contributed by atoms with Crippen LogP contribution in [0.15, 0.2) is 23.1 Å². The molecule has 0 unspecified atom stereocenters. The van der Waals surface area contributed by atoms with Gasteiger partial charge in [-0.1, -0.05) is 44.2 Å². The molecule has 0 saturated heterocycles. The Balaban J connectivity index is 1.85. The molecule has 140 valence electrons. The second kappa shape index (κ2) is 8.96. The summed E-state index contributed by atoms with van der Waals surface area (Å²) >= 11 is 8.17. The zero-order chi connectivity index (χ0) is 18.5. The van der Waals surface area contributed by atoms with Gasteiger partial charge in [-0.05, 0) is 37.5 Å². The van der Waals surface area contributed by atoms with Gasteiger partial charge in [0.1, 0.15) is 5.15 Å². The molecule has 0 atom stereocenters. The molecule has 1 saturated carbocycles. The normalized spacial score (nSPS) is 15.3. The summed E-state index contributed by atoms with van der Waals surface area (Å²) in [4.78, 5) is 17.4. The molecule has 2 aromatic rings. The summed E-state index contributed by atoms with van der Waals surface area (Å²) in [6, 6.07) is 5.74. The Morgan fingerprint density at radius 1 is 1.31 bits per heavy atom. The summed E-state index contributed by atoms with van der Waals surface area (Å²) < 4.78 is 5.15. The van der Waals surface area contributed by atoms with Crippen molar-refractivity contribution in [2.24, 2.45) is 0 Å². The third-order valence-corrected chi connectivity index (χ3v) is 6.30. The molecule has 0 radical (unpaired) electrons. The van der Waals surface area contributed by atoms with Crippen molar-refractivity contribution in [2.75, 3.05) is 6.61 Å². The molecule has 1 aromatic carbocycles. The van der Waals surface area contributed by atoms with Gasteiger partial charge in [-0.15, -0.1) is 11.8 Å². The van der Waals surface area contributed by atoms with Crippen molar-refractivity contribution in [3.8, 4) is 5.75 Å². The summed E-state index contributed by atoms with van der Waals surface area (Å²) in [7, 11) is 0. The Morgan fingerprint density at radius 3 is 2.81 bits per heavy atom. The number of carbonyl (C=O) groups excluding carboxylic acids is 1. The van der Waals surface area contributed by atoms with Gasteiger partial charge in [0.25, 0.3) is 0 Å². The lowest BCUT2D eigenvalue weighted by atomic mass is 10.0. The number of fused-ring (bicyclic) bond motifs is 1. The molecule has 26 heavy (non-hydrogen) atoms. The summed E-state index contributed by atoms with van der Waals surface area (Å²) in [6.07, 6.45) is 8.08. The first-order valence-electron chi connectivity index (χ1n) is 9.26. The Hall–Kier alpha value is -1.46. The fourth-order valence-electron chi connectivity index (χ4n) is 3.21. The zero-order valence-corrected chi connectivity index (χ0v) is 16.5. The van der Waals surface area contributed by atoms with Crippen LogP contribution in [-0.2, 0) is 4.74 Å². The number of benzene rings is 1. The number of aromatic nitrogens is 1. The van der Waals surface area contributed by atoms with Crippen LogP contribution in [0.3, 0.4) is 0 Å². The van der Waals surface area contributed by atoms with Gasteiger partial charge < -0.3 is 9.84 Å². The van der Waals surface area contributed by atoms with Crippen molar-refractivity contribution in [3.63, 3.8) is 0 Å². The Labute approximate surface area is 163 Å². The van der Waals surface area contributed by atoms with E-state index < -0.39 is 5.97 Å². The minimum absolute atomic E-state index is 0.119. The number of aromatic hydroxyl groups is 1. The molecule has 0 amide bonds. The highest BCUT2D eigenvalue weighted by Crippen LogP contribution is 2.38. The first-order chi connectivity index (χ1) is 12.6. The van der Waals surface area contributed by atoms with Crippen LogP contribution >= 0.6 is 23.4 Å². The summed E-state index contributed by atoms with van der Waals surface area (Å²) in [5.41, 5.74) is -0.119. The maximum absolute atomic E-state index is 12.2. The number of pyridine rings is 1. The molecule has 1 N–H and O–H groups in total. The van der Waals surface area contributed by atoms with E-state index in [0.717, 1.165) is 17.7 Å². The molecule has 3 rings (SSSR count). The van der Waals surface area contributed by atoms with Crippen molar-refractivity contribution in [2.45, 2.75) is 62.0 Å². The topological polar surface area (TPSA) is 59.4 Å². The van der Waals surface area contributed by atoms with Crippen molar-refractivity contribution >= 4 is 40.1 Å². The second-order valence-corrected chi connectivity index (χ2v) is 8.41. The first kappa shape index (κ1) is 19.3. The van der Waals surface area contributed by atoms with E-state index in [1.807, 2.05) is 36.9 Å². The SMILES string of the molecule is CCCCOC(=O)c1nc(Cl)c2cc(SC3CCCCC3)ccc2c1O. The number of ether oxygens (including phenoxy) is 1. The molecule has 1 heterocycles. The van der Waals surface area contributed by atoms with Crippen LogP contribution in [-0.4, -0.2) is 27.9 Å². The molecule has 1 aromatic heterocycles. The molecule has 0 spiro atoms. The third-order valence-electron chi connectivity index (χ3n) is 4.68. The minimum atomic E-state index is -0.639. The second-order valence-electron chi connectivity index (χ2n) is 6.67. The molecule has 4 nitrogen and oxygen atoms in total. The number of rotatable bonds is 6. The zero-order valence-electron chi connectivity index (χ0n) is 15.0. The van der Waals surface area contributed by atoms with Crippen LogP contribution in [0.1, 0.15) is 62.4 Å². The average Bonchev–Trinajstić information content (AvgIpc) is 2.65. The van der Waals surface area contributed by atoms with Crippen LogP contribution in [0.2, 0.25) is 5.15 Å². The van der Waals surface area contributed by atoms with Gasteiger partial charge in [0.05, 0.1) is 6.61 Å². The molecule has 1 aliphatic carbocycles. The quantitative estimate of drug-likeness (QED) is 0.372. The Kier molecular flexibility index (Phi) is 6.65. The van der Waals surface area contributed by atoms with Crippen LogP contribution in [0.5, 0.6) is 5.75 Å². The number of unbranched alkanes of at least 4 members (excludes halogenated alkanes) is 1. The van der Waals surface area contributed by atoms with E-state index in [2.05, 4.69) is 4.98 Å². The largest absolute Gasteiger partial charge is 0.505 e. The highest BCUT2D eigenvalue weighted by atomic mass is 35.5. The number of halogens is 1. The fourth-order valence-corrected chi connectivity index (χ4v) is 4.74. The lowest BCUT2D eigenvalue weighted by molar-refractivity contribution is 0.0489. The molecule has 0 aliphatic heterocycles. The maximum atomic E-state index is 12.2. The van der Waals surface area contributed by atoms with Gasteiger partial charge in [-0.3, -0.25) is 0 Å². The lowest BCUT2D eigenvalue weighted by Crippen LogP contribution is -2.09. The fraction of sp³-hybridized carbons (Fsp3) is 0.500. The molecule has 0 bridgehead atoms. The van der Waals surface area contributed by atoms with Gasteiger partial charge in [0.15, 0.2) is 11.4 Å². The van der Waals surface area contributed by atoms with Gasteiger partial charge in [-0.2, -0.15) is 0 Å². The number of hydrogen-bond acceptors (Lipinski definition) is 5. The Bertz CT molecular complexity index is 790. The highest BCUT2D eigenvalue weighted by molar-refractivity contribution is 8.00. The molecular formula is C20H24ClNO3S. The van der Waals surface area contributed by atoms with E-state index in [1.54, 1.807) is 0 Å². The minimum Gasteiger partial charge on any atom is -0.505 e. The van der Waals surface area contributed by atoms with E-state index in [0.29, 0.717) is 22.6 Å². The predicted molar refractivity (Wildman–Crippen MR) is 106 cm³/mol. The van der Waals surface area contributed by atoms with Gasteiger partial charge in [0, 0.05) is 20.9 Å². The standard InChI is InChI=1S/C20H24ClNO3S/c1-2-3-11-25-20(24)17-18(23)15-10-9-14(12-16(15)19(21)22-17)26-13-7-5-4-6-8-13/h9-10,12-13,23H,2-8,11H2,1H3. The molecule has 6 heteroatoms. The van der Waals surface area contributed by atoms with Crippen LogP contribution in [0.25, 0.3) is 10.8 Å². The monoisotopic (exact) mass is 393 g/mol. The number of carbonyl (C=O) groups is 1. The molecule has 1 fully saturated rings. The van der Waals surface area contributed by atoms with Crippen molar-refractivity contribution < 1.29 is 14.6 Å². The smallest absolute Gasteiger partial charge is 0.360 e. The number of nitrogens with zero attached hydrogens (tertiary/aromatic N) is 1. The number of esters is 1. The summed E-state index contributed by atoms with van der Waals surface area (Å²) in [5, 5.41) is 12.5. The van der Waals surface area contributed by atoms with Crippen molar-refractivity contribution in [1.82, 2.24) is 4.98 Å². The van der Waals surface area contributed by atoms with Gasteiger partial charge in [0.2, 0.25) is 0 Å².